The van der Waals surface area contributed by atoms with Crippen LogP contribution in [0.15, 0.2) is 11.8 Å². The Labute approximate surface area is 141 Å². The van der Waals surface area contributed by atoms with Gasteiger partial charge in [-0.1, -0.05) is 19.9 Å². The van der Waals surface area contributed by atoms with Crippen LogP contribution < -0.4 is 5.32 Å². The van der Waals surface area contributed by atoms with E-state index in [0.29, 0.717) is 12.3 Å². The van der Waals surface area contributed by atoms with Crippen molar-refractivity contribution in [3.63, 3.8) is 0 Å². The van der Waals surface area contributed by atoms with Crippen LogP contribution in [-0.2, 0) is 9.59 Å². The van der Waals surface area contributed by atoms with E-state index in [1.165, 1.54) is 0 Å². The molecule has 1 atom stereocenters. The Balaban J connectivity index is 0.00000324. The second-order valence-electron chi connectivity index (χ2n) is 5.34. The molecule has 104 valence electrons. The third kappa shape index (κ3) is 6.30. The van der Waals surface area contributed by atoms with Crippen LogP contribution in [0, 0.1) is 11.3 Å². The number of alkyl halides is 1. The van der Waals surface area contributed by atoms with E-state index in [2.05, 4.69) is 5.32 Å². The first-order chi connectivity index (χ1) is 8.38. The molecule has 0 radical (unpaired) electrons. The molecule has 1 fully saturated rings. The average Bonchev–Trinajstić information content (AvgIpc) is 2.92. The van der Waals surface area contributed by atoms with Crippen molar-refractivity contribution in [2.24, 2.45) is 11.3 Å². The zero-order chi connectivity index (χ0) is 13.8. The molecule has 1 amide bonds. The number of carbonyl (C=O) groups excluding carboxylic acids is 1. The number of amides is 1. The van der Waals surface area contributed by atoms with Gasteiger partial charge in [-0.15, -0.1) is 11.6 Å². The molecule has 0 spiro atoms. The number of allylic oxidation sites excluding steroid dienone is 1. The first kappa shape index (κ1) is 19.0. The third-order valence-corrected chi connectivity index (χ3v) is 3.52. The molecule has 2 N–H and O–H groups in total. The summed E-state index contributed by atoms with van der Waals surface area (Å²) in [6.07, 6.45) is 4.66. The SMILES string of the molecule is CC1(C)CC1C(=O)N/C(=C/CCCCCl)C(=O)O.[NaH]. The molecule has 1 aliphatic rings. The second-order valence-corrected chi connectivity index (χ2v) is 5.72. The Hall–Kier alpha value is -0.0300. The fourth-order valence-electron chi connectivity index (χ4n) is 1.81. The Morgan fingerprint density at radius 2 is 2.00 bits per heavy atom. The Kier molecular flexibility index (Phi) is 8.29. The van der Waals surface area contributed by atoms with Crippen molar-refractivity contribution in [3.05, 3.63) is 11.8 Å². The molecule has 6 heteroatoms. The average molecular weight is 298 g/mol. The van der Waals surface area contributed by atoms with Gasteiger partial charge in [-0.2, -0.15) is 0 Å². The number of halogens is 1. The van der Waals surface area contributed by atoms with Crippen LogP contribution in [0.1, 0.15) is 39.5 Å². The van der Waals surface area contributed by atoms with Gasteiger partial charge < -0.3 is 10.4 Å². The topological polar surface area (TPSA) is 66.4 Å². The summed E-state index contributed by atoms with van der Waals surface area (Å²) in [5.74, 6) is -0.777. The molecular weight excluding hydrogens is 277 g/mol. The van der Waals surface area contributed by atoms with E-state index >= 15 is 0 Å². The molecule has 1 aliphatic carbocycles. The Morgan fingerprint density at radius 1 is 1.42 bits per heavy atom. The predicted octanol–water partition coefficient (Wildman–Crippen LogP) is 1.88. The number of hydrogen-bond donors (Lipinski definition) is 2. The molecule has 0 heterocycles. The molecule has 1 unspecified atom stereocenters. The minimum absolute atomic E-state index is 0. The number of carbonyl (C=O) groups is 2. The van der Waals surface area contributed by atoms with E-state index in [-0.39, 0.29) is 52.5 Å². The summed E-state index contributed by atoms with van der Waals surface area (Å²) in [4.78, 5) is 22.8. The molecule has 0 aromatic carbocycles. The van der Waals surface area contributed by atoms with Gasteiger partial charge >= 0.3 is 35.5 Å². The number of aliphatic carboxylic acids is 1. The summed E-state index contributed by atoms with van der Waals surface area (Å²) in [6, 6.07) is 0. The van der Waals surface area contributed by atoms with Gasteiger partial charge in [0.05, 0.1) is 0 Å². The summed E-state index contributed by atoms with van der Waals surface area (Å²) in [6.45, 7) is 4.00. The van der Waals surface area contributed by atoms with Gasteiger partial charge in [-0.25, -0.2) is 4.79 Å². The quantitative estimate of drug-likeness (QED) is 0.326. The number of unbranched alkanes of at least 4 members (excludes halogenated alkanes) is 2. The Morgan fingerprint density at radius 3 is 2.42 bits per heavy atom. The van der Waals surface area contributed by atoms with Crippen molar-refractivity contribution in [2.45, 2.75) is 39.5 Å². The second kappa shape index (κ2) is 8.30. The molecule has 0 saturated heterocycles. The fourth-order valence-corrected chi connectivity index (χ4v) is 2.00. The van der Waals surface area contributed by atoms with Crippen LogP contribution in [0.2, 0.25) is 0 Å². The molecule has 1 saturated carbocycles. The zero-order valence-corrected chi connectivity index (χ0v) is 11.6. The minimum atomic E-state index is -1.09. The molecule has 4 nitrogen and oxygen atoms in total. The summed E-state index contributed by atoms with van der Waals surface area (Å²) >= 11 is 5.54. The number of carboxylic acids is 1. The van der Waals surface area contributed by atoms with Crippen LogP contribution in [0.25, 0.3) is 0 Å². The van der Waals surface area contributed by atoms with Crippen LogP contribution >= 0.6 is 11.6 Å². The van der Waals surface area contributed by atoms with Crippen molar-refractivity contribution in [1.82, 2.24) is 5.32 Å². The molecule has 0 aromatic rings. The van der Waals surface area contributed by atoms with Crippen molar-refractivity contribution in [3.8, 4) is 0 Å². The molecule has 19 heavy (non-hydrogen) atoms. The van der Waals surface area contributed by atoms with Crippen LogP contribution in [0.5, 0.6) is 0 Å². The molecular formula is C13H21ClNNaO3. The number of rotatable bonds is 7. The van der Waals surface area contributed by atoms with Crippen LogP contribution in [0.3, 0.4) is 0 Å². The monoisotopic (exact) mass is 297 g/mol. The Bertz CT molecular complexity index is 369. The van der Waals surface area contributed by atoms with E-state index in [9.17, 15) is 9.59 Å². The molecule has 0 bridgehead atoms. The van der Waals surface area contributed by atoms with Crippen molar-refractivity contribution < 1.29 is 14.7 Å². The van der Waals surface area contributed by atoms with Gasteiger partial charge in [0.1, 0.15) is 5.70 Å². The van der Waals surface area contributed by atoms with E-state index in [0.717, 1.165) is 19.3 Å². The molecule has 0 aliphatic heterocycles. The van der Waals surface area contributed by atoms with Crippen molar-refractivity contribution in [2.75, 3.05) is 5.88 Å². The van der Waals surface area contributed by atoms with Crippen molar-refractivity contribution >= 4 is 53.0 Å². The summed E-state index contributed by atoms with van der Waals surface area (Å²) in [7, 11) is 0. The van der Waals surface area contributed by atoms with Crippen molar-refractivity contribution in [1.29, 1.82) is 0 Å². The van der Waals surface area contributed by atoms with Gasteiger partial charge in [0, 0.05) is 11.8 Å². The van der Waals surface area contributed by atoms with E-state index in [4.69, 9.17) is 16.7 Å². The van der Waals surface area contributed by atoms with Crippen LogP contribution in [0.4, 0.5) is 0 Å². The summed E-state index contributed by atoms with van der Waals surface area (Å²) < 4.78 is 0. The molecule has 0 aromatic heterocycles. The van der Waals surface area contributed by atoms with E-state index in [1.54, 1.807) is 6.08 Å². The fraction of sp³-hybridized carbons (Fsp3) is 0.692. The summed E-state index contributed by atoms with van der Waals surface area (Å²) in [5.41, 5.74) is -0.0101. The third-order valence-electron chi connectivity index (χ3n) is 3.25. The number of nitrogens with one attached hydrogen (secondary N) is 1. The first-order valence-electron chi connectivity index (χ1n) is 6.19. The van der Waals surface area contributed by atoms with E-state index < -0.39 is 5.97 Å². The number of carboxylic acid groups (broad SMARTS) is 1. The zero-order valence-electron chi connectivity index (χ0n) is 10.8. The van der Waals surface area contributed by atoms with Crippen LogP contribution in [-0.4, -0.2) is 52.4 Å². The van der Waals surface area contributed by atoms with Gasteiger partial charge in [-0.05, 0) is 31.1 Å². The van der Waals surface area contributed by atoms with E-state index in [1.807, 2.05) is 13.8 Å². The summed E-state index contributed by atoms with van der Waals surface area (Å²) in [5, 5.41) is 11.5. The van der Waals surface area contributed by atoms with Gasteiger partial charge in [0.25, 0.3) is 0 Å². The normalized spacial score (nSPS) is 20.4. The van der Waals surface area contributed by atoms with Gasteiger partial charge in [-0.3, -0.25) is 4.79 Å². The van der Waals surface area contributed by atoms with Gasteiger partial charge in [0.2, 0.25) is 5.91 Å². The maximum absolute atomic E-state index is 11.8. The standard InChI is InChI=1S/C13H20ClNO3.Na.H/c1-13(2)8-9(13)11(16)15-10(12(17)18)6-4-3-5-7-14;;/h6,9H,3-5,7-8H2,1-2H3,(H,15,16)(H,17,18);;/b10-6+;;. The first-order valence-corrected chi connectivity index (χ1v) is 6.72. The maximum atomic E-state index is 11.8. The number of hydrogen-bond acceptors (Lipinski definition) is 2. The van der Waals surface area contributed by atoms with Gasteiger partial charge in [0.15, 0.2) is 0 Å². The molecule has 1 rings (SSSR count). The predicted molar refractivity (Wildman–Crippen MR) is 77.5 cm³/mol.